The number of carbonyl (C=O) groups is 1. The van der Waals surface area contributed by atoms with Crippen LogP contribution in [0.3, 0.4) is 0 Å². The van der Waals surface area contributed by atoms with Crippen molar-refractivity contribution in [1.29, 1.82) is 0 Å². The zero-order valence-electron chi connectivity index (χ0n) is 18.6. The van der Waals surface area contributed by atoms with Gasteiger partial charge >= 0.3 is 12.3 Å². The van der Waals surface area contributed by atoms with E-state index in [2.05, 4.69) is 9.72 Å². The minimum atomic E-state index is -4.99. The van der Waals surface area contributed by atoms with Crippen LogP contribution in [0.1, 0.15) is 10.4 Å². The molecule has 0 aliphatic rings. The number of alkyl halides is 3. The highest BCUT2D eigenvalue weighted by molar-refractivity contribution is 5.96. The zero-order chi connectivity index (χ0) is 25.3. The second-order valence-corrected chi connectivity index (χ2v) is 7.20. The van der Waals surface area contributed by atoms with Crippen LogP contribution >= 0.6 is 0 Å². The van der Waals surface area contributed by atoms with Gasteiger partial charge in [-0.2, -0.15) is 0 Å². The third-order valence-electron chi connectivity index (χ3n) is 5.06. The van der Waals surface area contributed by atoms with Crippen LogP contribution in [0.25, 0.3) is 33.6 Å². The van der Waals surface area contributed by atoms with Crippen LogP contribution in [0, 0.1) is 0 Å². The molecule has 0 saturated carbocycles. The van der Waals surface area contributed by atoms with Gasteiger partial charge in [0.15, 0.2) is 17.1 Å². The average Bonchev–Trinajstić information content (AvgIpc) is 3.26. The Morgan fingerprint density at radius 1 is 0.943 bits per heavy atom. The Kier molecular flexibility index (Phi) is 6.16. The molecule has 2 aromatic carbocycles. The summed E-state index contributed by atoms with van der Waals surface area (Å²) in [6.07, 6.45) is -3.56. The fourth-order valence-corrected chi connectivity index (χ4v) is 3.60. The van der Waals surface area contributed by atoms with E-state index in [-0.39, 0.29) is 16.7 Å². The molecule has 8 nitrogen and oxygen atoms in total. The molecule has 182 valence electrons. The molecule has 2 aromatic heterocycles. The number of halogens is 3. The van der Waals surface area contributed by atoms with E-state index in [4.69, 9.17) is 18.6 Å². The minimum absolute atomic E-state index is 0.141. The molecule has 0 fully saturated rings. The van der Waals surface area contributed by atoms with Crippen LogP contribution in [-0.2, 0) is 0 Å². The fraction of sp³-hybridized carbons (Fsp3) is 0.167. The van der Waals surface area contributed by atoms with Gasteiger partial charge in [0.25, 0.3) is 0 Å². The third kappa shape index (κ3) is 4.79. The van der Waals surface area contributed by atoms with Crippen molar-refractivity contribution in [3.05, 3.63) is 54.2 Å². The number of ether oxygens (including phenoxy) is 4. The first-order valence-electron chi connectivity index (χ1n) is 9.97. The Morgan fingerprint density at radius 3 is 2.20 bits per heavy atom. The number of aromatic nitrogens is 1. The summed E-state index contributed by atoms with van der Waals surface area (Å²) in [5.41, 5.74) is 1.26. The second kappa shape index (κ2) is 9.09. The van der Waals surface area contributed by atoms with E-state index in [9.17, 15) is 23.1 Å². The molecule has 0 aliphatic heterocycles. The first-order valence-corrected chi connectivity index (χ1v) is 9.97. The van der Waals surface area contributed by atoms with Crippen molar-refractivity contribution in [2.45, 2.75) is 6.36 Å². The number of aromatic carboxylic acids is 1. The van der Waals surface area contributed by atoms with E-state index < -0.39 is 18.1 Å². The summed E-state index contributed by atoms with van der Waals surface area (Å²) in [4.78, 5) is 15.8. The summed E-state index contributed by atoms with van der Waals surface area (Å²) in [6.45, 7) is 0. The van der Waals surface area contributed by atoms with Gasteiger partial charge in [0.2, 0.25) is 5.75 Å². The predicted molar refractivity (Wildman–Crippen MR) is 118 cm³/mol. The molecule has 0 atom stereocenters. The molecule has 0 saturated heterocycles. The number of furan rings is 1. The highest BCUT2D eigenvalue weighted by atomic mass is 19.4. The highest BCUT2D eigenvalue weighted by Gasteiger charge is 2.32. The van der Waals surface area contributed by atoms with E-state index >= 15 is 0 Å². The van der Waals surface area contributed by atoms with Gasteiger partial charge in [0.05, 0.1) is 26.9 Å². The number of rotatable bonds is 7. The van der Waals surface area contributed by atoms with Crippen molar-refractivity contribution in [3.63, 3.8) is 0 Å². The van der Waals surface area contributed by atoms with Crippen molar-refractivity contribution in [3.8, 4) is 45.4 Å². The maximum absolute atomic E-state index is 12.8. The normalized spacial score (nSPS) is 11.4. The van der Waals surface area contributed by atoms with Crippen molar-refractivity contribution in [1.82, 2.24) is 4.98 Å². The van der Waals surface area contributed by atoms with Gasteiger partial charge in [-0.3, -0.25) is 4.98 Å². The number of nitrogens with zero attached hydrogens (tertiary/aromatic N) is 1. The zero-order valence-corrected chi connectivity index (χ0v) is 18.6. The molecule has 35 heavy (non-hydrogen) atoms. The van der Waals surface area contributed by atoms with E-state index in [0.717, 1.165) is 12.1 Å². The van der Waals surface area contributed by atoms with Crippen molar-refractivity contribution < 1.29 is 46.4 Å². The molecule has 0 amide bonds. The summed E-state index contributed by atoms with van der Waals surface area (Å²) in [5, 5.41) is 9.38. The van der Waals surface area contributed by atoms with Crippen LogP contribution in [0.2, 0.25) is 0 Å². The lowest BCUT2D eigenvalue weighted by Crippen LogP contribution is -2.17. The summed E-state index contributed by atoms with van der Waals surface area (Å²) in [5.74, 6) is -0.565. The quantitative estimate of drug-likeness (QED) is 0.349. The molecule has 4 aromatic rings. The Morgan fingerprint density at radius 2 is 1.63 bits per heavy atom. The number of fused-ring (bicyclic) bond motifs is 1. The first kappa shape index (κ1) is 23.7. The van der Waals surface area contributed by atoms with Crippen LogP contribution in [-0.4, -0.2) is 43.8 Å². The number of pyridine rings is 1. The lowest BCUT2D eigenvalue weighted by atomic mass is 10.0. The lowest BCUT2D eigenvalue weighted by molar-refractivity contribution is -0.274. The summed E-state index contributed by atoms with van der Waals surface area (Å²) >= 11 is 0. The number of methoxy groups -OCH3 is 3. The summed E-state index contributed by atoms with van der Waals surface area (Å²) in [6, 6.07) is 9.56. The largest absolute Gasteiger partial charge is 0.573 e. The maximum atomic E-state index is 12.8. The standard InChI is InChI=1S/C24H18F3NO7/c1-31-19-9-13(10-20(32-2)22(19)33-3)18-11-17-21(34-18)16(4-5-28-17)12-6-14(23(29)30)8-15(7-12)35-24(25,26)27/h4-11H,1-3H3,(H,29,30). The van der Waals surface area contributed by atoms with Crippen molar-refractivity contribution in [2.75, 3.05) is 21.3 Å². The van der Waals surface area contributed by atoms with E-state index in [1.54, 1.807) is 18.2 Å². The topological polar surface area (TPSA) is 100 Å². The average molecular weight is 489 g/mol. The molecule has 0 radical (unpaired) electrons. The molecule has 4 rings (SSSR count). The van der Waals surface area contributed by atoms with Crippen molar-refractivity contribution in [2.24, 2.45) is 0 Å². The molecule has 0 aliphatic carbocycles. The van der Waals surface area contributed by atoms with Crippen molar-refractivity contribution >= 4 is 17.1 Å². The second-order valence-electron chi connectivity index (χ2n) is 7.20. The summed E-state index contributed by atoms with van der Waals surface area (Å²) < 4.78 is 64.5. The van der Waals surface area contributed by atoms with E-state index in [1.807, 2.05) is 0 Å². The molecule has 11 heteroatoms. The maximum Gasteiger partial charge on any atom is 0.573 e. The lowest BCUT2D eigenvalue weighted by Gasteiger charge is -2.13. The molecular weight excluding hydrogens is 471 g/mol. The molecular formula is C24H18F3NO7. The molecule has 2 heterocycles. The SMILES string of the molecule is COc1cc(-c2cc3nccc(-c4cc(OC(F)(F)F)cc(C(=O)O)c4)c3o2)cc(OC)c1OC. The third-order valence-corrected chi connectivity index (χ3v) is 5.06. The van der Waals surface area contributed by atoms with E-state index in [1.165, 1.54) is 39.7 Å². The van der Waals surface area contributed by atoms with Crippen LogP contribution in [0.15, 0.2) is 53.1 Å². The molecule has 0 spiro atoms. The molecule has 1 N–H and O–H groups in total. The monoisotopic (exact) mass is 489 g/mol. The Balaban J connectivity index is 1.88. The Labute approximate surface area is 196 Å². The van der Waals surface area contributed by atoms with Crippen LogP contribution in [0.4, 0.5) is 13.2 Å². The predicted octanol–water partition coefficient (Wildman–Crippen LogP) is 5.78. The highest BCUT2D eigenvalue weighted by Crippen LogP contribution is 2.43. The molecule has 0 bridgehead atoms. The van der Waals surface area contributed by atoms with Crippen LogP contribution < -0.4 is 18.9 Å². The van der Waals surface area contributed by atoms with Gasteiger partial charge < -0.3 is 28.5 Å². The Bertz CT molecular complexity index is 1390. The van der Waals surface area contributed by atoms with Crippen LogP contribution in [0.5, 0.6) is 23.0 Å². The number of hydrogen-bond donors (Lipinski definition) is 1. The van der Waals surface area contributed by atoms with Gasteiger partial charge in [-0.1, -0.05) is 0 Å². The van der Waals surface area contributed by atoms with Gasteiger partial charge in [0.1, 0.15) is 17.0 Å². The number of hydrogen-bond acceptors (Lipinski definition) is 7. The number of benzene rings is 2. The van der Waals surface area contributed by atoms with Gasteiger partial charge in [-0.25, -0.2) is 4.79 Å². The molecule has 0 unspecified atom stereocenters. The van der Waals surface area contributed by atoms with Gasteiger partial charge in [-0.05, 0) is 42.0 Å². The number of carboxylic acid groups (broad SMARTS) is 1. The minimum Gasteiger partial charge on any atom is -0.493 e. The number of carboxylic acids is 1. The van der Waals surface area contributed by atoms with E-state index in [0.29, 0.717) is 39.7 Å². The summed E-state index contributed by atoms with van der Waals surface area (Å²) in [7, 11) is 4.41. The van der Waals surface area contributed by atoms with Gasteiger partial charge in [-0.15, -0.1) is 13.2 Å². The van der Waals surface area contributed by atoms with Gasteiger partial charge in [0, 0.05) is 23.4 Å². The first-order chi connectivity index (χ1) is 16.6. The fourth-order valence-electron chi connectivity index (χ4n) is 3.60. The Hall–Kier alpha value is -4.41. The smallest absolute Gasteiger partial charge is 0.493 e.